The molecule has 0 N–H and O–H groups in total. The van der Waals surface area contributed by atoms with E-state index >= 15 is 0 Å². The Labute approximate surface area is 141 Å². The first-order chi connectivity index (χ1) is 9.85. The molecule has 0 bridgehead atoms. The molecule has 0 rings (SSSR count). The summed E-state index contributed by atoms with van der Waals surface area (Å²) in [6, 6.07) is 0. The molecule has 0 aliphatic heterocycles. The van der Waals surface area contributed by atoms with Crippen LogP contribution in [-0.2, 0) is 28.9 Å². The molecule has 0 aromatic carbocycles. The van der Waals surface area contributed by atoms with Crippen LogP contribution < -0.4 is 0 Å². The lowest BCUT2D eigenvalue weighted by Gasteiger charge is -2.27. The van der Waals surface area contributed by atoms with Gasteiger partial charge in [-0.05, 0) is 43.8 Å². The molecular formula is C12H21Cl2NO6S. The van der Waals surface area contributed by atoms with Gasteiger partial charge >= 0.3 is 11.9 Å². The maximum atomic E-state index is 12.1. The fourth-order valence-electron chi connectivity index (χ4n) is 1.42. The van der Waals surface area contributed by atoms with Crippen molar-refractivity contribution in [2.24, 2.45) is 0 Å². The largest absolute Gasteiger partial charge is 0.462 e. The molecule has 0 aliphatic carbocycles. The maximum Gasteiger partial charge on any atom is 0.303 e. The van der Waals surface area contributed by atoms with Gasteiger partial charge in [0.1, 0.15) is 12.7 Å². The van der Waals surface area contributed by atoms with E-state index in [-0.39, 0.29) is 18.8 Å². The molecular weight excluding hydrogens is 357 g/mol. The molecule has 0 aromatic rings. The minimum absolute atomic E-state index is 0.183. The highest BCUT2D eigenvalue weighted by atomic mass is 35.5. The molecule has 22 heavy (non-hydrogen) atoms. The van der Waals surface area contributed by atoms with Gasteiger partial charge in [0.2, 0.25) is 0 Å². The zero-order valence-corrected chi connectivity index (χ0v) is 15.3. The Balaban J connectivity index is 4.72. The van der Waals surface area contributed by atoms with E-state index in [2.05, 4.69) is 0 Å². The molecule has 1 unspecified atom stereocenters. The third kappa shape index (κ3) is 9.45. The third-order valence-corrected chi connectivity index (χ3v) is 5.35. The van der Waals surface area contributed by atoms with Gasteiger partial charge < -0.3 is 9.47 Å². The van der Waals surface area contributed by atoms with Crippen molar-refractivity contribution in [3.63, 3.8) is 0 Å². The molecule has 0 aliphatic rings. The number of sulfone groups is 1. The van der Waals surface area contributed by atoms with Crippen LogP contribution >= 0.6 is 23.6 Å². The van der Waals surface area contributed by atoms with Crippen molar-refractivity contribution in [3.8, 4) is 0 Å². The highest BCUT2D eigenvalue weighted by Gasteiger charge is 2.29. The smallest absolute Gasteiger partial charge is 0.303 e. The van der Waals surface area contributed by atoms with Gasteiger partial charge in [0.05, 0.1) is 11.5 Å². The predicted molar refractivity (Wildman–Crippen MR) is 83.1 cm³/mol. The third-order valence-electron chi connectivity index (χ3n) is 2.73. The maximum absolute atomic E-state index is 12.1. The van der Waals surface area contributed by atoms with E-state index in [1.807, 2.05) is 0 Å². The zero-order chi connectivity index (χ0) is 17.6. The molecule has 0 fully saturated rings. The van der Waals surface area contributed by atoms with Crippen LogP contribution in [-0.4, -0.2) is 54.0 Å². The second kappa shape index (κ2) is 8.90. The summed E-state index contributed by atoms with van der Waals surface area (Å²) in [6.07, 6.45) is -0.861. The molecule has 10 heteroatoms. The first-order valence-corrected chi connectivity index (χ1v) is 8.98. The van der Waals surface area contributed by atoms with Crippen molar-refractivity contribution < 1.29 is 27.5 Å². The van der Waals surface area contributed by atoms with Gasteiger partial charge in [-0.2, -0.15) is 0 Å². The summed E-state index contributed by atoms with van der Waals surface area (Å²) in [5.74, 6) is -1.88. The van der Waals surface area contributed by atoms with Gasteiger partial charge in [-0.1, -0.05) is 0 Å². The Kier molecular flexibility index (Phi) is 8.67. The Morgan fingerprint density at radius 1 is 1.18 bits per heavy atom. The Bertz CT molecular complexity index is 492. The van der Waals surface area contributed by atoms with E-state index in [0.717, 1.165) is 10.9 Å². The number of hydrogen-bond acceptors (Lipinski definition) is 7. The standard InChI is InChI=1S/C12H21Cl2NO6S/c1-9(16)20-7-11(21-10(2)17)8-22(18,19)6-5-12(3,4)15(13)14/h11H,5-8H2,1-4H3. The number of hydrogen-bond donors (Lipinski definition) is 0. The molecule has 0 amide bonds. The van der Waals surface area contributed by atoms with Crippen LogP contribution in [0.15, 0.2) is 0 Å². The minimum Gasteiger partial charge on any atom is -0.462 e. The topological polar surface area (TPSA) is 90.0 Å². The van der Waals surface area contributed by atoms with Gasteiger partial charge in [-0.3, -0.25) is 9.59 Å². The molecule has 7 nitrogen and oxygen atoms in total. The summed E-state index contributed by atoms with van der Waals surface area (Å²) >= 11 is 11.3. The van der Waals surface area contributed by atoms with E-state index in [4.69, 9.17) is 33.0 Å². The molecule has 1 atom stereocenters. The van der Waals surface area contributed by atoms with Crippen LogP contribution in [0.5, 0.6) is 0 Å². The van der Waals surface area contributed by atoms with Gasteiger partial charge in [-0.15, -0.1) is 3.94 Å². The fraction of sp³-hybridized carbons (Fsp3) is 0.833. The highest BCUT2D eigenvalue weighted by Crippen LogP contribution is 2.24. The van der Waals surface area contributed by atoms with Gasteiger partial charge in [-0.25, -0.2) is 8.42 Å². The normalized spacial score (nSPS) is 13.8. The van der Waals surface area contributed by atoms with Crippen molar-refractivity contribution in [1.82, 2.24) is 3.94 Å². The van der Waals surface area contributed by atoms with E-state index < -0.39 is 39.2 Å². The van der Waals surface area contributed by atoms with E-state index in [9.17, 15) is 18.0 Å². The molecule has 0 aromatic heterocycles. The summed E-state index contributed by atoms with van der Waals surface area (Å²) < 4.78 is 34.7. The van der Waals surface area contributed by atoms with E-state index in [1.54, 1.807) is 13.8 Å². The molecule has 0 spiro atoms. The van der Waals surface area contributed by atoms with Crippen LogP contribution in [0.2, 0.25) is 0 Å². The Morgan fingerprint density at radius 2 is 1.73 bits per heavy atom. The number of carbonyl (C=O) groups is 2. The van der Waals surface area contributed by atoms with Crippen molar-refractivity contribution in [2.45, 2.75) is 45.8 Å². The monoisotopic (exact) mass is 377 g/mol. The summed E-state index contributed by atoms with van der Waals surface area (Å²) in [4.78, 5) is 21.8. The SMILES string of the molecule is CC(=O)OCC(CS(=O)(=O)CCC(C)(C)N(Cl)Cl)OC(C)=O. The first-order valence-electron chi connectivity index (χ1n) is 6.48. The molecule has 0 saturated carbocycles. The number of esters is 2. The van der Waals surface area contributed by atoms with Crippen LogP contribution in [0.4, 0.5) is 0 Å². The number of ether oxygens (including phenoxy) is 2. The average molecular weight is 378 g/mol. The minimum atomic E-state index is -3.55. The van der Waals surface area contributed by atoms with Crippen LogP contribution in [0.3, 0.4) is 0 Å². The summed E-state index contributed by atoms with van der Waals surface area (Å²) in [6.45, 7) is 5.39. The lowest BCUT2D eigenvalue weighted by atomic mass is 10.0. The summed E-state index contributed by atoms with van der Waals surface area (Å²) in [5.41, 5.74) is -0.733. The highest BCUT2D eigenvalue weighted by molar-refractivity contribution is 7.91. The van der Waals surface area contributed by atoms with E-state index in [0.29, 0.717) is 0 Å². The number of nitrogens with zero attached hydrogens (tertiary/aromatic N) is 1. The van der Waals surface area contributed by atoms with Gasteiger partial charge in [0.15, 0.2) is 9.84 Å². The number of carbonyl (C=O) groups excluding carboxylic acids is 2. The summed E-state index contributed by atoms with van der Waals surface area (Å²) in [5, 5.41) is 0. The van der Waals surface area contributed by atoms with Crippen molar-refractivity contribution in [2.75, 3.05) is 18.1 Å². The van der Waals surface area contributed by atoms with Gasteiger partial charge in [0, 0.05) is 19.4 Å². The van der Waals surface area contributed by atoms with Crippen molar-refractivity contribution >= 4 is 45.3 Å². The predicted octanol–water partition coefficient (Wildman–Crippen LogP) is 1.67. The van der Waals surface area contributed by atoms with Gasteiger partial charge in [0.25, 0.3) is 0 Å². The molecule has 0 saturated heterocycles. The van der Waals surface area contributed by atoms with Crippen LogP contribution in [0, 0.1) is 0 Å². The van der Waals surface area contributed by atoms with Crippen molar-refractivity contribution in [1.29, 1.82) is 0 Å². The Hall–Kier alpha value is -0.570. The lowest BCUT2D eigenvalue weighted by Crippen LogP contribution is -2.36. The quantitative estimate of drug-likeness (QED) is 0.445. The van der Waals surface area contributed by atoms with Crippen LogP contribution in [0.25, 0.3) is 0 Å². The van der Waals surface area contributed by atoms with E-state index in [1.165, 1.54) is 6.92 Å². The zero-order valence-electron chi connectivity index (χ0n) is 13.0. The number of halogens is 2. The second-order valence-corrected chi connectivity index (χ2v) is 8.52. The summed E-state index contributed by atoms with van der Waals surface area (Å²) in [7, 11) is -3.55. The molecule has 130 valence electrons. The second-order valence-electron chi connectivity index (χ2n) is 5.44. The average Bonchev–Trinajstić information content (AvgIpc) is 2.32. The molecule has 0 radical (unpaired) electrons. The first kappa shape index (κ1) is 21.4. The molecule has 0 heterocycles. The van der Waals surface area contributed by atoms with Crippen molar-refractivity contribution in [3.05, 3.63) is 0 Å². The lowest BCUT2D eigenvalue weighted by molar-refractivity contribution is -0.154. The Morgan fingerprint density at radius 3 is 2.14 bits per heavy atom. The van der Waals surface area contributed by atoms with Crippen LogP contribution in [0.1, 0.15) is 34.1 Å². The fourth-order valence-corrected chi connectivity index (χ4v) is 3.29. The number of rotatable bonds is 9.